The maximum absolute atomic E-state index is 11.4. The van der Waals surface area contributed by atoms with E-state index < -0.39 is 18.8 Å². The Morgan fingerprint density at radius 2 is 2.11 bits per heavy atom. The highest BCUT2D eigenvalue weighted by Gasteiger charge is 2.19. The van der Waals surface area contributed by atoms with Crippen molar-refractivity contribution in [2.75, 3.05) is 5.32 Å². The first-order chi connectivity index (χ1) is 8.19. The lowest BCUT2D eigenvalue weighted by Crippen LogP contribution is -2.32. The van der Waals surface area contributed by atoms with Crippen molar-refractivity contribution < 1.29 is 19.6 Å². The van der Waals surface area contributed by atoms with Crippen molar-refractivity contribution in [1.29, 1.82) is 0 Å². The molecule has 0 aliphatic carbocycles. The lowest BCUT2D eigenvalue weighted by molar-refractivity contribution is 0.0635. The summed E-state index contributed by atoms with van der Waals surface area (Å²) >= 11 is 5.79. The monoisotopic (exact) mass is 272 g/mol. The van der Waals surface area contributed by atoms with Crippen LogP contribution in [-0.4, -0.2) is 33.8 Å². The third-order valence-electron chi connectivity index (χ3n) is 1.79. The van der Waals surface area contributed by atoms with E-state index in [4.69, 9.17) is 26.4 Å². The number of carbonyl (C=O) groups is 1. The Labute approximate surface area is 110 Å². The van der Waals surface area contributed by atoms with Crippen molar-refractivity contribution in [3.8, 4) is 0 Å². The summed E-state index contributed by atoms with van der Waals surface area (Å²) in [5.41, 5.74) is -0.554. The molecule has 0 aromatic carbocycles. The number of hydrogen-bond donors (Lipinski definition) is 3. The third-order valence-corrected chi connectivity index (χ3v) is 2.12. The van der Waals surface area contributed by atoms with Gasteiger partial charge in [0.05, 0.1) is 0 Å². The Hall–Kier alpha value is -1.31. The molecule has 8 heteroatoms. The quantitative estimate of drug-likeness (QED) is 0.691. The SMILES string of the molecule is CC(C)(C)OC(=O)Nc1cc(Cl)c(B(O)O)cn1. The number of halogens is 1. The summed E-state index contributed by atoms with van der Waals surface area (Å²) in [7, 11) is -1.71. The zero-order valence-corrected chi connectivity index (χ0v) is 11.0. The molecule has 6 nitrogen and oxygen atoms in total. The molecule has 0 aliphatic rings. The molecule has 1 aromatic rings. The van der Waals surface area contributed by atoms with E-state index in [-0.39, 0.29) is 16.3 Å². The molecule has 0 saturated carbocycles. The Balaban J connectivity index is 2.75. The first-order valence-corrected chi connectivity index (χ1v) is 5.58. The van der Waals surface area contributed by atoms with Gasteiger partial charge in [-0.15, -0.1) is 0 Å². The van der Waals surface area contributed by atoms with Gasteiger partial charge in [-0.05, 0) is 26.8 Å². The Morgan fingerprint density at radius 1 is 1.50 bits per heavy atom. The van der Waals surface area contributed by atoms with Crippen molar-refractivity contribution in [2.45, 2.75) is 26.4 Å². The van der Waals surface area contributed by atoms with Crippen LogP contribution in [0, 0.1) is 0 Å². The van der Waals surface area contributed by atoms with Gasteiger partial charge in [-0.3, -0.25) is 5.32 Å². The van der Waals surface area contributed by atoms with Crippen molar-refractivity contribution in [2.24, 2.45) is 0 Å². The van der Waals surface area contributed by atoms with Crippen molar-refractivity contribution in [3.05, 3.63) is 17.3 Å². The second-order valence-electron chi connectivity index (χ2n) is 4.59. The van der Waals surface area contributed by atoms with Gasteiger partial charge >= 0.3 is 13.2 Å². The molecule has 0 bridgehead atoms. The second kappa shape index (κ2) is 5.56. The number of hydrogen-bond acceptors (Lipinski definition) is 5. The molecule has 0 atom stereocenters. The Morgan fingerprint density at radius 3 is 2.56 bits per heavy atom. The van der Waals surface area contributed by atoms with Crippen molar-refractivity contribution in [3.63, 3.8) is 0 Å². The molecular formula is C10H14BClN2O4. The second-order valence-corrected chi connectivity index (χ2v) is 5.00. The summed E-state index contributed by atoms with van der Waals surface area (Å²) in [5, 5.41) is 20.4. The van der Waals surface area contributed by atoms with Gasteiger partial charge in [-0.1, -0.05) is 11.6 Å². The van der Waals surface area contributed by atoms with Crippen LogP contribution >= 0.6 is 11.6 Å². The summed E-state index contributed by atoms with van der Waals surface area (Å²) in [6.07, 6.45) is 0.503. The lowest BCUT2D eigenvalue weighted by Gasteiger charge is -2.19. The van der Waals surface area contributed by atoms with Gasteiger partial charge in [-0.25, -0.2) is 9.78 Å². The molecular weight excluding hydrogens is 258 g/mol. The topological polar surface area (TPSA) is 91.7 Å². The fourth-order valence-corrected chi connectivity index (χ4v) is 1.36. The number of pyridine rings is 1. The number of nitrogens with zero attached hydrogens (tertiary/aromatic N) is 1. The lowest BCUT2D eigenvalue weighted by atomic mass is 9.81. The minimum absolute atomic E-state index is 0.0615. The molecule has 0 fully saturated rings. The van der Waals surface area contributed by atoms with Crippen LogP contribution in [-0.2, 0) is 4.74 Å². The maximum Gasteiger partial charge on any atom is 0.491 e. The van der Waals surface area contributed by atoms with Gasteiger partial charge in [-0.2, -0.15) is 0 Å². The smallest absolute Gasteiger partial charge is 0.444 e. The van der Waals surface area contributed by atoms with E-state index in [1.807, 2.05) is 0 Å². The van der Waals surface area contributed by atoms with Crippen LogP contribution < -0.4 is 10.8 Å². The average Bonchev–Trinajstić information content (AvgIpc) is 2.13. The van der Waals surface area contributed by atoms with Crippen LogP contribution in [0.3, 0.4) is 0 Å². The first kappa shape index (κ1) is 14.8. The van der Waals surface area contributed by atoms with E-state index in [9.17, 15) is 4.79 Å². The van der Waals surface area contributed by atoms with Crippen LogP contribution in [0.25, 0.3) is 0 Å². The molecule has 0 unspecified atom stereocenters. The summed E-state index contributed by atoms with van der Waals surface area (Å²) in [6.45, 7) is 5.20. The zero-order chi connectivity index (χ0) is 13.9. The Kier molecular flexibility index (Phi) is 4.56. The molecule has 0 spiro atoms. The van der Waals surface area contributed by atoms with E-state index >= 15 is 0 Å². The number of nitrogens with one attached hydrogen (secondary N) is 1. The fourth-order valence-electron chi connectivity index (χ4n) is 1.11. The molecule has 0 radical (unpaired) electrons. The zero-order valence-electron chi connectivity index (χ0n) is 10.3. The van der Waals surface area contributed by atoms with Crippen LogP contribution in [0.15, 0.2) is 12.3 Å². The molecule has 0 saturated heterocycles. The van der Waals surface area contributed by atoms with E-state index in [0.29, 0.717) is 0 Å². The number of rotatable bonds is 2. The fraction of sp³-hybridized carbons (Fsp3) is 0.400. The van der Waals surface area contributed by atoms with Crippen LogP contribution in [0.2, 0.25) is 5.02 Å². The summed E-state index contributed by atoms with van der Waals surface area (Å²) in [6, 6.07) is 1.31. The molecule has 3 N–H and O–H groups in total. The van der Waals surface area contributed by atoms with E-state index in [2.05, 4.69) is 10.3 Å². The number of carbonyl (C=O) groups excluding carboxylic acids is 1. The largest absolute Gasteiger partial charge is 0.491 e. The molecule has 98 valence electrons. The maximum atomic E-state index is 11.4. The third kappa shape index (κ3) is 4.52. The molecule has 1 heterocycles. The molecule has 0 aliphatic heterocycles. The van der Waals surface area contributed by atoms with Gasteiger partial charge in [0.25, 0.3) is 0 Å². The average molecular weight is 272 g/mol. The summed E-state index contributed by atoms with van der Waals surface area (Å²) < 4.78 is 5.03. The van der Waals surface area contributed by atoms with Crippen molar-refractivity contribution in [1.82, 2.24) is 4.98 Å². The minimum Gasteiger partial charge on any atom is -0.444 e. The minimum atomic E-state index is -1.71. The Bertz CT molecular complexity index is 448. The summed E-state index contributed by atoms with van der Waals surface area (Å²) in [5.74, 6) is 0.165. The van der Waals surface area contributed by atoms with Gasteiger partial charge in [0.1, 0.15) is 11.4 Å². The standard InChI is InChI=1S/C10H14BClN2O4/c1-10(2,3)18-9(15)14-8-4-7(12)6(5-13-8)11(16)17/h4-5,16-17H,1-3H3,(H,13,14,15). The molecule has 1 amide bonds. The van der Waals surface area contributed by atoms with Gasteiger partial charge in [0.2, 0.25) is 0 Å². The number of ether oxygens (including phenoxy) is 1. The predicted octanol–water partition coefficient (Wildman–Crippen LogP) is 0.762. The normalized spacial score (nSPS) is 11.0. The van der Waals surface area contributed by atoms with E-state index in [1.54, 1.807) is 20.8 Å². The van der Waals surface area contributed by atoms with Gasteiger partial charge in [0.15, 0.2) is 0 Å². The van der Waals surface area contributed by atoms with Gasteiger partial charge in [0, 0.05) is 16.7 Å². The number of aromatic nitrogens is 1. The van der Waals surface area contributed by atoms with Crippen LogP contribution in [0.4, 0.5) is 10.6 Å². The van der Waals surface area contributed by atoms with Crippen LogP contribution in [0.5, 0.6) is 0 Å². The number of anilines is 1. The molecule has 18 heavy (non-hydrogen) atoms. The molecule has 1 rings (SSSR count). The highest BCUT2D eigenvalue weighted by molar-refractivity contribution is 6.62. The highest BCUT2D eigenvalue weighted by Crippen LogP contribution is 2.13. The van der Waals surface area contributed by atoms with Crippen molar-refractivity contribution >= 4 is 36.1 Å². The summed E-state index contributed by atoms with van der Waals surface area (Å²) in [4.78, 5) is 15.3. The predicted molar refractivity (Wildman–Crippen MR) is 68.9 cm³/mol. The van der Waals surface area contributed by atoms with E-state index in [0.717, 1.165) is 0 Å². The van der Waals surface area contributed by atoms with E-state index in [1.165, 1.54) is 12.3 Å². The molecule has 1 aromatic heterocycles. The highest BCUT2D eigenvalue weighted by atomic mass is 35.5. The number of amides is 1. The van der Waals surface area contributed by atoms with Gasteiger partial charge < -0.3 is 14.8 Å². The van der Waals surface area contributed by atoms with Crippen LogP contribution in [0.1, 0.15) is 20.8 Å². The first-order valence-electron chi connectivity index (χ1n) is 5.20.